The molecule has 0 saturated carbocycles. The van der Waals surface area contributed by atoms with Crippen molar-refractivity contribution >= 4 is 5.91 Å². The summed E-state index contributed by atoms with van der Waals surface area (Å²) in [5, 5.41) is 0. The minimum absolute atomic E-state index is 0.312. The van der Waals surface area contributed by atoms with Crippen LogP contribution in [0.4, 0.5) is 0 Å². The van der Waals surface area contributed by atoms with E-state index in [1.807, 2.05) is 0 Å². The van der Waals surface area contributed by atoms with Crippen molar-refractivity contribution in [2.75, 3.05) is 13.1 Å². The molecule has 0 aromatic rings. The van der Waals surface area contributed by atoms with Crippen LogP contribution in [0.1, 0.15) is 52.4 Å². The Labute approximate surface area is 99.4 Å². The Morgan fingerprint density at radius 3 is 2.81 bits per heavy atom. The first kappa shape index (κ1) is 13.5. The second kappa shape index (κ2) is 6.89. The third-order valence-corrected chi connectivity index (χ3v) is 3.75. The van der Waals surface area contributed by atoms with Crippen LogP contribution < -0.4 is 5.73 Å². The molecule has 1 amide bonds. The van der Waals surface area contributed by atoms with E-state index in [4.69, 9.17) is 5.73 Å². The van der Waals surface area contributed by atoms with E-state index >= 15 is 0 Å². The summed E-state index contributed by atoms with van der Waals surface area (Å²) in [5.74, 6) is 0.676. The standard InChI is InChI=1S/C13H26N2O/c1-3-12(10-14)9-13(16)15-8-6-4-5-7-11(15)2/h11-12H,3-10,14H2,1-2H3. The third-order valence-electron chi connectivity index (χ3n) is 3.75. The summed E-state index contributed by atoms with van der Waals surface area (Å²) in [6.07, 6.45) is 6.49. The highest BCUT2D eigenvalue weighted by Gasteiger charge is 2.23. The number of likely N-dealkylation sites (tertiary alicyclic amines) is 1. The Morgan fingerprint density at radius 1 is 1.44 bits per heavy atom. The minimum Gasteiger partial charge on any atom is -0.340 e. The molecule has 0 aromatic heterocycles. The van der Waals surface area contributed by atoms with Crippen LogP contribution in [0.2, 0.25) is 0 Å². The molecule has 0 radical (unpaired) electrons. The molecule has 1 aliphatic rings. The van der Waals surface area contributed by atoms with Gasteiger partial charge in [-0.2, -0.15) is 0 Å². The van der Waals surface area contributed by atoms with Crippen LogP contribution in [0.3, 0.4) is 0 Å². The fraction of sp³-hybridized carbons (Fsp3) is 0.923. The number of rotatable bonds is 4. The second-order valence-corrected chi connectivity index (χ2v) is 5.00. The first-order chi connectivity index (χ1) is 7.69. The van der Waals surface area contributed by atoms with E-state index in [2.05, 4.69) is 18.7 Å². The molecule has 1 rings (SSSR count). The zero-order valence-electron chi connectivity index (χ0n) is 10.7. The monoisotopic (exact) mass is 226 g/mol. The maximum Gasteiger partial charge on any atom is 0.223 e. The predicted octanol–water partition coefficient (Wildman–Crippen LogP) is 2.15. The van der Waals surface area contributed by atoms with E-state index in [0.717, 1.165) is 25.8 Å². The lowest BCUT2D eigenvalue weighted by molar-refractivity contribution is -0.134. The highest BCUT2D eigenvalue weighted by atomic mass is 16.2. The zero-order chi connectivity index (χ0) is 12.0. The Balaban J connectivity index is 2.50. The fourth-order valence-electron chi connectivity index (χ4n) is 2.40. The van der Waals surface area contributed by atoms with Gasteiger partial charge < -0.3 is 10.6 Å². The van der Waals surface area contributed by atoms with Crippen LogP contribution >= 0.6 is 0 Å². The molecule has 1 saturated heterocycles. The van der Waals surface area contributed by atoms with Crippen LogP contribution in [0, 0.1) is 5.92 Å². The van der Waals surface area contributed by atoms with E-state index < -0.39 is 0 Å². The van der Waals surface area contributed by atoms with E-state index in [1.54, 1.807) is 0 Å². The molecule has 2 N–H and O–H groups in total. The highest BCUT2D eigenvalue weighted by Crippen LogP contribution is 2.19. The van der Waals surface area contributed by atoms with Crippen LogP contribution in [0.25, 0.3) is 0 Å². The van der Waals surface area contributed by atoms with Gasteiger partial charge in [0, 0.05) is 19.0 Å². The van der Waals surface area contributed by atoms with Gasteiger partial charge in [0.2, 0.25) is 5.91 Å². The molecule has 0 bridgehead atoms. The zero-order valence-corrected chi connectivity index (χ0v) is 10.7. The molecule has 0 aliphatic carbocycles. The number of carbonyl (C=O) groups excluding carboxylic acids is 1. The average molecular weight is 226 g/mol. The van der Waals surface area contributed by atoms with E-state index in [1.165, 1.54) is 12.8 Å². The first-order valence-corrected chi connectivity index (χ1v) is 6.68. The summed E-state index contributed by atoms with van der Waals surface area (Å²) in [5.41, 5.74) is 5.66. The van der Waals surface area contributed by atoms with Crippen molar-refractivity contribution in [2.45, 2.75) is 58.4 Å². The molecule has 94 valence electrons. The number of hydrogen-bond acceptors (Lipinski definition) is 2. The predicted molar refractivity (Wildman–Crippen MR) is 67.1 cm³/mol. The first-order valence-electron chi connectivity index (χ1n) is 6.68. The maximum absolute atomic E-state index is 12.2. The summed E-state index contributed by atoms with van der Waals surface area (Å²) < 4.78 is 0. The van der Waals surface area contributed by atoms with Crippen molar-refractivity contribution in [2.24, 2.45) is 11.7 Å². The van der Waals surface area contributed by atoms with Crippen molar-refractivity contribution < 1.29 is 4.79 Å². The molecule has 2 atom stereocenters. The molecule has 2 unspecified atom stereocenters. The van der Waals surface area contributed by atoms with Crippen LogP contribution in [0.15, 0.2) is 0 Å². The molecular weight excluding hydrogens is 200 g/mol. The van der Waals surface area contributed by atoms with E-state index in [0.29, 0.717) is 30.8 Å². The van der Waals surface area contributed by atoms with Gasteiger partial charge in [-0.3, -0.25) is 4.79 Å². The van der Waals surface area contributed by atoms with Gasteiger partial charge in [-0.25, -0.2) is 0 Å². The van der Waals surface area contributed by atoms with Crippen LogP contribution in [0.5, 0.6) is 0 Å². The normalized spacial score (nSPS) is 23.9. The Morgan fingerprint density at radius 2 is 2.19 bits per heavy atom. The van der Waals surface area contributed by atoms with Gasteiger partial charge in [0.25, 0.3) is 0 Å². The molecule has 16 heavy (non-hydrogen) atoms. The maximum atomic E-state index is 12.2. The van der Waals surface area contributed by atoms with Crippen molar-refractivity contribution in [3.8, 4) is 0 Å². The molecule has 3 nitrogen and oxygen atoms in total. The lowest BCUT2D eigenvalue weighted by atomic mass is 10.0. The number of amides is 1. The Bertz CT molecular complexity index is 214. The van der Waals surface area contributed by atoms with Gasteiger partial charge >= 0.3 is 0 Å². The van der Waals surface area contributed by atoms with Gasteiger partial charge in [0.05, 0.1) is 0 Å². The lowest BCUT2D eigenvalue weighted by Crippen LogP contribution is -2.39. The summed E-state index contributed by atoms with van der Waals surface area (Å²) in [6, 6.07) is 0.422. The van der Waals surface area contributed by atoms with Crippen molar-refractivity contribution in [1.29, 1.82) is 0 Å². The summed E-state index contributed by atoms with van der Waals surface area (Å²) in [6.45, 7) is 5.86. The summed E-state index contributed by atoms with van der Waals surface area (Å²) in [4.78, 5) is 14.2. The third kappa shape index (κ3) is 3.78. The van der Waals surface area contributed by atoms with E-state index in [9.17, 15) is 4.79 Å². The largest absolute Gasteiger partial charge is 0.340 e. The number of carbonyl (C=O) groups is 1. The molecule has 0 aromatic carbocycles. The number of nitrogens with two attached hydrogens (primary N) is 1. The van der Waals surface area contributed by atoms with Gasteiger partial charge in [-0.05, 0) is 32.2 Å². The van der Waals surface area contributed by atoms with Crippen molar-refractivity contribution in [3.63, 3.8) is 0 Å². The lowest BCUT2D eigenvalue weighted by Gasteiger charge is -2.28. The molecule has 1 aliphatic heterocycles. The summed E-state index contributed by atoms with van der Waals surface area (Å²) in [7, 11) is 0. The smallest absolute Gasteiger partial charge is 0.223 e. The quantitative estimate of drug-likeness (QED) is 0.798. The number of hydrogen-bond donors (Lipinski definition) is 1. The van der Waals surface area contributed by atoms with E-state index in [-0.39, 0.29) is 0 Å². The number of nitrogens with zero attached hydrogens (tertiary/aromatic N) is 1. The molecular formula is C13H26N2O. The molecule has 3 heteroatoms. The van der Waals surface area contributed by atoms with Gasteiger partial charge in [-0.1, -0.05) is 26.2 Å². The average Bonchev–Trinajstić information content (AvgIpc) is 2.50. The second-order valence-electron chi connectivity index (χ2n) is 5.00. The highest BCUT2D eigenvalue weighted by molar-refractivity contribution is 5.76. The minimum atomic E-state index is 0.312. The summed E-state index contributed by atoms with van der Waals surface area (Å²) >= 11 is 0. The SMILES string of the molecule is CCC(CN)CC(=O)N1CCCCCC1C. The van der Waals surface area contributed by atoms with Gasteiger partial charge in [-0.15, -0.1) is 0 Å². The van der Waals surface area contributed by atoms with Crippen molar-refractivity contribution in [3.05, 3.63) is 0 Å². The van der Waals surface area contributed by atoms with Gasteiger partial charge in [0.15, 0.2) is 0 Å². The molecule has 1 fully saturated rings. The molecule has 1 heterocycles. The van der Waals surface area contributed by atoms with Crippen LogP contribution in [-0.4, -0.2) is 29.9 Å². The Kier molecular flexibility index (Phi) is 5.81. The Hall–Kier alpha value is -0.570. The topological polar surface area (TPSA) is 46.3 Å². The van der Waals surface area contributed by atoms with Crippen LogP contribution in [-0.2, 0) is 4.79 Å². The van der Waals surface area contributed by atoms with Crippen molar-refractivity contribution in [1.82, 2.24) is 4.90 Å². The van der Waals surface area contributed by atoms with Gasteiger partial charge in [0.1, 0.15) is 0 Å². The fourth-order valence-corrected chi connectivity index (χ4v) is 2.40. The molecule has 0 spiro atoms.